The molecular formula is C15H18N2O3. The smallest absolute Gasteiger partial charge is 0.360 e. The number of nitrogens with one attached hydrogen (secondary N) is 1. The van der Waals surface area contributed by atoms with Crippen molar-refractivity contribution in [1.82, 2.24) is 9.97 Å². The highest BCUT2D eigenvalue weighted by Crippen LogP contribution is 2.59. The first-order valence-corrected chi connectivity index (χ1v) is 7.44. The van der Waals surface area contributed by atoms with E-state index < -0.39 is 17.2 Å². The van der Waals surface area contributed by atoms with Crippen molar-refractivity contribution in [2.45, 2.75) is 38.0 Å². The Morgan fingerprint density at radius 2 is 1.75 bits per heavy atom. The summed E-state index contributed by atoms with van der Waals surface area (Å²) >= 11 is 0. The zero-order chi connectivity index (χ0) is 13.9. The van der Waals surface area contributed by atoms with E-state index in [2.05, 4.69) is 9.97 Å². The van der Waals surface area contributed by atoms with Crippen molar-refractivity contribution in [3.8, 4) is 0 Å². The van der Waals surface area contributed by atoms with E-state index in [0.717, 1.165) is 17.5 Å². The van der Waals surface area contributed by atoms with E-state index >= 15 is 0 Å². The van der Waals surface area contributed by atoms with Gasteiger partial charge in [-0.05, 0) is 55.8 Å². The Bertz CT molecular complexity index is 594. The summed E-state index contributed by atoms with van der Waals surface area (Å²) in [6.45, 7) is 0. The number of aromatic nitrogens is 2. The molecule has 0 amide bonds. The van der Waals surface area contributed by atoms with Crippen LogP contribution in [0.4, 0.5) is 0 Å². The Labute approximate surface area is 116 Å². The quantitative estimate of drug-likeness (QED) is 0.864. The minimum Gasteiger partial charge on any atom is -0.476 e. The van der Waals surface area contributed by atoms with Crippen LogP contribution in [0, 0.1) is 23.7 Å². The van der Waals surface area contributed by atoms with E-state index in [9.17, 15) is 9.59 Å². The zero-order valence-corrected chi connectivity index (χ0v) is 11.2. The summed E-state index contributed by atoms with van der Waals surface area (Å²) in [5, 5.41) is 8.89. The molecule has 0 unspecified atom stereocenters. The predicted molar refractivity (Wildman–Crippen MR) is 71.6 cm³/mol. The normalized spacial score (nSPS) is 38.1. The van der Waals surface area contributed by atoms with Crippen LogP contribution >= 0.6 is 0 Å². The molecule has 0 aliphatic heterocycles. The molecule has 0 aromatic carbocycles. The van der Waals surface area contributed by atoms with Crippen LogP contribution in [-0.2, 0) is 0 Å². The Morgan fingerprint density at radius 3 is 2.25 bits per heavy atom. The van der Waals surface area contributed by atoms with E-state index in [1.54, 1.807) is 6.20 Å². The number of aromatic carboxylic acids is 1. The van der Waals surface area contributed by atoms with Gasteiger partial charge in [-0.3, -0.25) is 4.79 Å². The van der Waals surface area contributed by atoms with E-state index in [1.165, 1.54) is 32.1 Å². The third-order valence-electron chi connectivity index (χ3n) is 5.59. The van der Waals surface area contributed by atoms with Crippen LogP contribution in [0.2, 0.25) is 0 Å². The van der Waals surface area contributed by atoms with Crippen LogP contribution in [0.25, 0.3) is 0 Å². The van der Waals surface area contributed by atoms with E-state index in [4.69, 9.17) is 5.11 Å². The maximum Gasteiger partial charge on any atom is 0.360 e. The fraction of sp³-hybridized carbons (Fsp3) is 0.667. The molecule has 4 aliphatic carbocycles. The standard InChI is InChI=1S/C15H18N2O3/c18-14-13(15(19)20)16-6-11(17-14)12-9-2-7-1-8(4-9)5-10(12)3-7/h6-10,12H,1-5H2,(H,17,18)(H,19,20). The van der Waals surface area contributed by atoms with Gasteiger partial charge in [-0.2, -0.15) is 0 Å². The van der Waals surface area contributed by atoms with Crippen molar-refractivity contribution in [1.29, 1.82) is 0 Å². The number of carboxylic acid groups (broad SMARTS) is 1. The summed E-state index contributed by atoms with van der Waals surface area (Å²) in [4.78, 5) is 29.3. The van der Waals surface area contributed by atoms with Gasteiger partial charge in [0.2, 0.25) is 5.69 Å². The van der Waals surface area contributed by atoms with Crippen molar-refractivity contribution >= 4 is 5.97 Å². The van der Waals surface area contributed by atoms with Gasteiger partial charge in [0, 0.05) is 17.8 Å². The van der Waals surface area contributed by atoms with Gasteiger partial charge in [-0.15, -0.1) is 0 Å². The third-order valence-corrected chi connectivity index (χ3v) is 5.59. The topological polar surface area (TPSA) is 83.0 Å². The molecule has 0 atom stereocenters. The van der Waals surface area contributed by atoms with Crippen LogP contribution in [0.1, 0.15) is 54.2 Å². The molecule has 1 aromatic heterocycles. The Kier molecular flexibility index (Phi) is 2.53. The van der Waals surface area contributed by atoms with Gasteiger partial charge in [0.05, 0.1) is 0 Å². The second kappa shape index (κ2) is 4.17. The highest BCUT2D eigenvalue weighted by atomic mass is 16.4. The lowest BCUT2D eigenvalue weighted by Gasteiger charge is -2.54. The van der Waals surface area contributed by atoms with Gasteiger partial charge in [0.15, 0.2) is 0 Å². The summed E-state index contributed by atoms with van der Waals surface area (Å²) < 4.78 is 0. The molecule has 0 radical (unpaired) electrons. The molecule has 4 saturated carbocycles. The molecule has 1 heterocycles. The first kappa shape index (κ1) is 12.1. The Balaban J connectivity index is 1.69. The molecule has 1 aromatic rings. The van der Waals surface area contributed by atoms with Crippen LogP contribution in [0.5, 0.6) is 0 Å². The first-order valence-electron chi connectivity index (χ1n) is 7.44. The van der Waals surface area contributed by atoms with Crippen LogP contribution in [0.3, 0.4) is 0 Å². The minimum atomic E-state index is -1.26. The largest absolute Gasteiger partial charge is 0.476 e. The summed E-state index contributed by atoms with van der Waals surface area (Å²) in [6, 6.07) is 0. The van der Waals surface area contributed by atoms with Crippen molar-refractivity contribution in [2.24, 2.45) is 23.7 Å². The van der Waals surface area contributed by atoms with Gasteiger partial charge in [0.25, 0.3) is 5.56 Å². The summed E-state index contributed by atoms with van der Waals surface area (Å²) in [7, 11) is 0. The molecule has 5 rings (SSSR count). The zero-order valence-electron chi connectivity index (χ0n) is 11.2. The molecule has 4 fully saturated rings. The fourth-order valence-electron chi connectivity index (χ4n) is 5.17. The lowest BCUT2D eigenvalue weighted by molar-refractivity contribution is -0.00435. The molecule has 0 spiro atoms. The number of aromatic amines is 1. The number of H-pyrrole nitrogens is 1. The second-order valence-electron chi connectivity index (χ2n) is 6.78. The summed E-state index contributed by atoms with van der Waals surface area (Å²) in [5.41, 5.74) is -0.116. The van der Waals surface area contributed by atoms with Gasteiger partial charge < -0.3 is 10.1 Å². The molecule has 5 heteroatoms. The average molecular weight is 274 g/mol. The SMILES string of the molecule is O=C(O)c1ncc(C2C3CC4CC(C3)CC2C4)[nH]c1=O. The van der Waals surface area contributed by atoms with E-state index in [0.29, 0.717) is 17.8 Å². The molecule has 4 bridgehead atoms. The van der Waals surface area contributed by atoms with Crippen LogP contribution < -0.4 is 5.56 Å². The fourth-order valence-corrected chi connectivity index (χ4v) is 5.17. The Hall–Kier alpha value is -1.65. The molecular weight excluding hydrogens is 256 g/mol. The van der Waals surface area contributed by atoms with Gasteiger partial charge in [0.1, 0.15) is 0 Å². The maximum absolute atomic E-state index is 11.8. The van der Waals surface area contributed by atoms with Crippen molar-refractivity contribution in [2.75, 3.05) is 0 Å². The molecule has 2 N–H and O–H groups in total. The average Bonchev–Trinajstić information content (AvgIpc) is 2.37. The van der Waals surface area contributed by atoms with Crippen molar-refractivity contribution < 1.29 is 9.90 Å². The molecule has 4 aliphatic rings. The molecule has 20 heavy (non-hydrogen) atoms. The van der Waals surface area contributed by atoms with Crippen LogP contribution in [-0.4, -0.2) is 21.0 Å². The van der Waals surface area contributed by atoms with Crippen molar-refractivity contribution in [3.05, 3.63) is 27.9 Å². The lowest BCUT2D eigenvalue weighted by Crippen LogP contribution is -2.44. The number of nitrogens with zero attached hydrogens (tertiary/aromatic N) is 1. The Morgan fingerprint density at radius 1 is 1.15 bits per heavy atom. The number of rotatable bonds is 2. The maximum atomic E-state index is 11.8. The van der Waals surface area contributed by atoms with E-state index in [1.807, 2.05) is 0 Å². The summed E-state index contributed by atoms with van der Waals surface area (Å²) in [6.07, 6.45) is 8.03. The first-order chi connectivity index (χ1) is 9.61. The summed E-state index contributed by atoms with van der Waals surface area (Å²) in [5.74, 6) is 2.19. The second-order valence-corrected chi connectivity index (χ2v) is 6.78. The van der Waals surface area contributed by atoms with Gasteiger partial charge >= 0.3 is 5.97 Å². The highest BCUT2D eigenvalue weighted by Gasteiger charge is 2.49. The number of carboxylic acids is 1. The van der Waals surface area contributed by atoms with E-state index in [-0.39, 0.29) is 0 Å². The van der Waals surface area contributed by atoms with Crippen LogP contribution in [0.15, 0.2) is 11.0 Å². The molecule has 5 nitrogen and oxygen atoms in total. The lowest BCUT2D eigenvalue weighted by atomic mass is 9.51. The number of carbonyl (C=O) groups is 1. The third kappa shape index (κ3) is 1.72. The predicted octanol–water partition coefficient (Wildman–Crippen LogP) is 2.01. The monoisotopic (exact) mass is 274 g/mol. The number of hydrogen-bond acceptors (Lipinski definition) is 3. The molecule has 106 valence electrons. The van der Waals surface area contributed by atoms with Gasteiger partial charge in [-0.1, -0.05) is 0 Å². The van der Waals surface area contributed by atoms with Crippen molar-refractivity contribution in [3.63, 3.8) is 0 Å². The molecule has 0 saturated heterocycles. The highest BCUT2D eigenvalue weighted by molar-refractivity contribution is 5.84. The van der Waals surface area contributed by atoms with Gasteiger partial charge in [-0.25, -0.2) is 9.78 Å². The number of hydrogen-bond donors (Lipinski definition) is 2. The minimum absolute atomic E-state index is 0.380.